The molecular formula is C33H24Cl3IN2O6. The molecule has 5 rings (SSSR count). The van der Waals surface area contributed by atoms with Gasteiger partial charge in [0, 0.05) is 20.6 Å². The molecule has 230 valence electrons. The molecule has 45 heavy (non-hydrogen) atoms. The maximum atomic E-state index is 13.5. The van der Waals surface area contributed by atoms with Crippen molar-refractivity contribution in [1.82, 2.24) is 5.32 Å². The number of urea groups is 1. The highest BCUT2D eigenvalue weighted by Crippen LogP contribution is 2.36. The first-order chi connectivity index (χ1) is 21.6. The van der Waals surface area contributed by atoms with E-state index < -0.39 is 17.8 Å². The lowest BCUT2D eigenvalue weighted by Gasteiger charge is -2.26. The lowest BCUT2D eigenvalue weighted by molar-refractivity contribution is -0.122. The minimum Gasteiger partial charge on any atom is -0.490 e. The third-order valence-electron chi connectivity index (χ3n) is 6.55. The molecule has 1 aliphatic heterocycles. The van der Waals surface area contributed by atoms with E-state index in [9.17, 15) is 14.4 Å². The molecule has 8 nitrogen and oxygen atoms in total. The largest absolute Gasteiger partial charge is 0.490 e. The predicted octanol–water partition coefficient (Wildman–Crippen LogP) is 8.47. The Morgan fingerprint density at radius 3 is 2.22 bits per heavy atom. The van der Waals surface area contributed by atoms with Gasteiger partial charge in [-0.3, -0.25) is 14.9 Å². The van der Waals surface area contributed by atoms with Crippen LogP contribution in [-0.2, 0) is 22.8 Å². The van der Waals surface area contributed by atoms with Gasteiger partial charge in [0.2, 0.25) is 0 Å². The molecule has 4 aromatic carbocycles. The van der Waals surface area contributed by atoms with Crippen LogP contribution in [0.2, 0.25) is 15.1 Å². The second kappa shape index (κ2) is 14.6. The number of benzene rings is 4. The predicted molar refractivity (Wildman–Crippen MR) is 182 cm³/mol. The van der Waals surface area contributed by atoms with Crippen LogP contribution in [0, 0.1) is 3.57 Å². The fourth-order valence-corrected chi connectivity index (χ4v) is 5.73. The Bertz CT molecular complexity index is 1800. The van der Waals surface area contributed by atoms with E-state index in [2.05, 4.69) is 27.9 Å². The molecule has 1 aliphatic rings. The van der Waals surface area contributed by atoms with Crippen molar-refractivity contribution in [3.63, 3.8) is 0 Å². The van der Waals surface area contributed by atoms with Crippen molar-refractivity contribution in [2.75, 3.05) is 11.5 Å². The fraction of sp³-hybridized carbons (Fsp3) is 0.121. The van der Waals surface area contributed by atoms with Gasteiger partial charge in [-0.05, 0) is 107 Å². The van der Waals surface area contributed by atoms with E-state index in [1.807, 2.05) is 19.1 Å². The minimum absolute atomic E-state index is 0.188. The normalized spacial score (nSPS) is 14.0. The number of imide groups is 2. The van der Waals surface area contributed by atoms with Crippen LogP contribution in [-0.4, -0.2) is 24.5 Å². The van der Waals surface area contributed by atoms with Crippen molar-refractivity contribution in [2.24, 2.45) is 0 Å². The van der Waals surface area contributed by atoms with Crippen LogP contribution in [0.25, 0.3) is 6.08 Å². The molecule has 4 aromatic rings. The number of hydrogen-bond donors (Lipinski definition) is 1. The molecule has 0 unspecified atom stereocenters. The lowest BCUT2D eigenvalue weighted by atomic mass is 10.1. The number of nitrogens with zero attached hydrogens (tertiary/aromatic N) is 1. The molecule has 1 heterocycles. The highest BCUT2D eigenvalue weighted by Gasteiger charge is 2.37. The van der Waals surface area contributed by atoms with Gasteiger partial charge in [0.1, 0.15) is 24.5 Å². The number of carbonyl (C=O) groups excluding carboxylic acids is 3. The van der Waals surface area contributed by atoms with E-state index in [-0.39, 0.29) is 24.5 Å². The number of carbonyl (C=O) groups is 3. The molecule has 1 fully saturated rings. The summed E-state index contributed by atoms with van der Waals surface area (Å²) in [6, 6.07) is 21.3. The summed E-state index contributed by atoms with van der Waals surface area (Å²) in [7, 11) is 0. The minimum atomic E-state index is -0.862. The summed E-state index contributed by atoms with van der Waals surface area (Å²) in [5.74, 6) is -0.139. The summed E-state index contributed by atoms with van der Waals surface area (Å²) in [4.78, 5) is 40.0. The zero-order valence-electron chi connectivity index (χ0n) is 23.6. The SMILES string of the molecule is CCOc1cc(/C=C2\C(=O)NC(=O)N(c3ccc(OCc4ccc(Cl)cc4Cl)cc3)C2=O)cc(I)c1OCc1ccc(Cl)cc1. The summed E-state index contributed by atoms with van der Waals surface area (Å²) in [6.45, 7) is 2.67. The molecule has 12 heteroatoms. The summed E-state index contributed by atoms with van der Waals surface area (Å²) < 4.78 is 18.4. The second-order valence-electron chi connectivity index (χ2n) is 9.65. The Hall–Kier alpha value is -3.77. The molecule has 0 atom stereocenters. The quantitative estimate of drug-likeness (QED) is 0.0987. The van der Waals surface area contributed by atoms with E-state index in [4.69, 9.17) is 49.0 Å². The third kappa shape index (κ3) is 7.91. The average molecular weight is 778 g/mol. The van der Waals surface area contributed by atoms with Gasteiger partial charge >= 0.3 is 6.03 Å². The van der Waals surface area contributed by atoms with Crippen LogP contribution in [0.15, 0.2) is 84.4 Å². The molecule has 0 saturated carbocycles. The Kier molecular flexibility index (Phi) is 10.5. The Labute approximate surface area is 287 Å². The smallest absolute Gasteiger partial charge is 0.335 e. The van der Waals surface area contributed by atoms with Gasteiger partial charge in [-0.25, -0.2) is 9.69 Å². The van der Waals surface area contributed by atoms with Crippen molar-refractivity contribution in [1.29, 1.82) is 0 Å². The molecule has 1 N–H and O–H groups in total. The monoisotopic (exact) mass is 776 g/mol. The number of nitrogens with one attached hydrogen (secondary N) is 1. The highest BCUT2D eigenvalue weighted by molar-refractivity contribution is 14.1. The average Bonchev–Trinajstić information content (AvgIpc) is 3.00. The zero-order valence-corrected chi connectivity index (χ0v) is 28.0. The van der Waals surface area contributed by atoms with Gasteiger partial charge in [0.15, 0.2) is 11.5 Å². The first kappa shape index (κ1) is 32.6. The standard InChI is InChI=1S/C33H24Cl3IN2O6/c1-2-43-29-15-20(14-28(37)30(29)45-17-19-3-6-22(34)7-4-19)13-26-31(40)38-33(42)39(32(26)41)24-9-11-25(12-10-24)44-18-21-5-8-23(35)16-27(21)36/h3-16H,2,17-18H2,1H3,(H,38,40,42)/b26-13+. The molecular weight excluding hydrogens is 754 g/mol. The number of amides is 4. The van der Waals surface area contributed by atoms with Crippen molar-refractivity contribution >= 4 is 87.0 Å². The van der Waals surface area contributed by atoms with Gasteiger partial charge in [-0.15, -0.1) is 0 Å². The van der Waals surface area contributed by atoms with Gasteiger partial charge in [0.05, 0.1) is 15.9 Å². The number of halogens is 4. The van der Waals surface area contributed by atoms with E-state index in [0.717, 1.165) is 16.0 Å². The van der Waals surface area contributed by atoms with Gasteiger partial charge in [-0.1, -0.05) is 53.0 Å². The third-order valence-corrected chi connectivity index (χ3v) is 8.19. The number of ether oxygens (including phenoxy) is 3. The zero-order chi connectivity index (χ0) is 32.1. The van der Waals surface area contributed by atoms with Crippen LogP contribution < -0.4 is 24.4 Å². The van der Waals surface area contributed by atoms with Crippen LogP contribution in [0.4, 0.5) is 10.5 Å². The fourth-order valence-electron chi connectivity index (χ4n) is 4.36. The van der Waals surface area contributed by atoms with E-state index in [1.54, 1.807) is 66.7 Å². The number of hydrogen-bond acceptors (Lipinski definition) is 6. The molecule has 0 radical (unpaired) electrons. The molecule has 4 amide bonds. The first-order valence-electron chi connectivity index (χ1n) is 13.5. The van der Waals surface area contributed by atoms with Gasteiger partial charge < -0.3 is 14.2 Å². The van der Waals surface area contributed by atoms with Crippen LogP contribution in [0.5, 0.6) is 17.2 Å². The second-order valence-corrected chi connectivity index (χ2v) is 12.1. The van der Waals surface area contributed by atoms with E-state index >= 15 is 0 Å². The maximum Gasteiger partial charge on any atom is 0.335 e. The summed E-state index contributed by atoms with van der Waals surface area (Å²) in [6.07, 6.45) is 1.41. The highest BCUT2D eigenvalue weighted by atomic mass is 127. The molecule has 0 spiro atoms. The van der Waals surface area contributed by atoms with Crippen molar-refractivity contribution in [3.8, 4) is 17.2 Å². The first-order valence-corrected chi connectivity index (χ1v) is 15.8. The van der Waals surface area contributed by atoms with Crippen LogP contribution >= 0.6 is 57.4 Å². The van der Waals surface area contributed by atoms with Crippen molar-refractivity contribution < 1.29 is 28.6 Å². The van der Waals surface area contributed by atoms with E-state index in [0.29, 0.717) is 48.1 Å². The topological polar surface area (TPSA) is 94.2 Å². The van der Waals surface area contributed by atoms with Crippen LogP contribution in [0.1, 0.15) is 23.6 Å². The van der Waals surface area contributed by atoms with Gasteiger partial charge in [-0.2, -0.15) is 0 Å². The molecule has 0 aromatic heterocycles. The lowest BCUT2D eigenvalue weighted by Crippen LogP contribution is -2.54. The maximum absolute atomic E-state index is 13.5. The van der Waals surface area contributed by atoms with E-state index in [1.165, 1.54) is 6.08 Å². The Morgan fingerprint density at radius 2 is 1.53 bits per heavy atom. The number of rotatable bonds is 10. The Balaban J connectivity index is 1.35. The Morgan fingerprint density at radius 1 is 0.822 bits per heavy atom. The number of barbiturate groups is 1. The van der Waals surface area contributed by atoms with Gasteiger partial charge in [0.25, 0.3) is 11.8 Å². The molecule has 1 saturated heterocycles. The summed E-state index contributed by atoms with van der Waals surface area (Å²) in [5.41, 5.74) is 2.21. The summed E-state index contributed by atoms with van der Waals surface area (Å²) in [5, 5.41) is 3.87. The van der Waals surface area contributed by atoms with Crippen molar-refractivity contribution in [3.05, 3.63) is 120 Å². The number of anilines is 1. The van der Waals surface area contributed by atoms with Crippen molar-refractivity contribution in [2.45, 2.75) is 20.1 Å². The molecule has 0 aliphatic carbocycles. The molecule has 0 bridgehead atoms. The summed E-state index contributed by atoms with van der Waals surface area (Å²) >= 11 is 20.3. The van der Waals surface area contributed by atoms with Crippen LogP contribution in [0.3, 0.4) is 0 Å².